The lowest BCUT2D eigenvalue weighted by Crippen LogP contribution is -2.56. The first-order valence-electron chi connectivity index (χ1n) is 10.2. The molecular formula is C19H37IN4O2S. The second-order valence-electron chi connectivity index (χ2n) is 7.74. The lowest BCUT2D eigenvalue weighted by molar-refractivity contribution is -0.0105. The zero-order valence-electron chi connectivity index (χ0n) is 17.0. The largest absolute Gasteiger partial charge is 0.379 e. The minimum atomic E-state index is 0. The van der Waals surface area contributed by atoms with Crippen molar-refractivity contribution in [2.75, 3.05) is 77.7 Å². The van der Waals surface area contributed by atoms with Crippen LogP contribution >= 0.6 is 35.7 Å². The van der Waals surface area contributed by atoms with E-state index in [0.29, 0.717) is 0 Å². The topological polar surface area (TPSA) is 49.3 Å². The fourth-order valence-electron chi connectivity index (χ4n) is 3.64. The molecular weight excluding hydrogens is 475 g/mol. The second kappa shape index (κ2) is 12.0. The van der Waals surface area contributed by atoms with Crippen LogP contribution in [0.1, 0.15) is 26.2 Å². The van der Waals surface area contributed by atoms with E-state index in [1.54, 1.807) is 0 Å². The van der Waals surface area contributed by atoms with Crippen LogP contribution in [0.3, 0.4) is 0 Å². The van der Waals surface area contributed by atoms with Gasteiger partial charge >= 0.3 is 0 Å². The third-order valence-corrected chi connectivity index (χ3v) is 6.84. The maximum atomic E-state index is 5.80. The van der Waals surface area contributed by atoms with Crippen molar-refractivity contribution in [3.63, 3.8) is 0 Å². The summed E-state index contributed by atoms with van der Waals surface area (Å²) in [4.78, 5) is 9.89. The van der Waals surface area contributed by atoms with Crippen LogP contribution in [0.15, 0.2) is 4.99 Å². The Balaban J connectivity index is 0.00000261. The number of nitrogens with one attached hydrogen (secondary N) is 1. The molecule has 2 heterocycles. The van der Waals surface area contributed by atoms with Gasteiger partial charge in [-0.05, 0) is 37.9 Å². The minimum Gasteiger partial charge on any atom is -0.379 e. The zero-order chi connectivity index (χ0) is 18.2. The van der Waals surface area contributed by atoms with Crippen LogP contribution in [0.25, 0.3) is 0 Å². The molecule has 2 saturated heterocycles. The number of ether oxygens (including phenoxy) is 2. The van der Waals surface area contributed by atoms with Crippen LogP contribution in [0, 0.1) is 5.92 Å². The third-order valence-electron chi connectivity index (χ3n) is 5.61. The van der Waals surface area contributed by atoms with E-state index in [1.165, 1.54) is 30.8 Å². The van der Waals surface area contributed by atoms with Gasteiger partial charge in [-0.2, -0.15) is 11.8 Å². The maximum absolute atomic E-state index is 5.80. The molecule has 1 unspecified atom stereocenters. The maximum Gasteiger partial charge on any atom is 0.193 e. The third kappa shape index (κ3) is 7.21. The molecule has 2 aliphatic heterocycles. The zero-order valence-corrected chi connectivity index (χ0v) is 20.1. The van der Waals surface area contributed by atoms with Crippen molar-refractivity contribution < 1.29 is 9.47 Å². The Hall–Kier alpha value is 0.230. The molecule has 1 N–H and O–H groups in total. The normalized spacial score (nSPS) is 26.7. The van der Waals surface area contributed by atoms with E-state index in [4.69, 9.17) is 14.5 Å². The Morgan fingerprint density at radius 1 is 1.37 bits per heavy atom. The summed E-state index contributed by atoms with van der Waals surface area (Å²) < 4.78 is 11.4. The van der Waals surface area contributed by atoms with Gasteiger partial charge in [0.2, 0.25) is 0 Å². The van der Waals surface area contributed by atoms with Crippen molar-refractivity contribution >= 4 is 41.7 Å². The number of likely N-dealkylation sites (N-methyl/N-ethyl adjacent to an activating group) is 1. The van der Waals surface area contributed by atoms with Crippen molar-refractivity contribution in [3.05, 3.63) is 0 Å². The molecule has 3 fully saturated rings. The molecule has 0 aromatic heterocycles. The Kier molecular flexibility index (Phi) is 10.5. The predicted octanol–water partition coefficient (Wildman–Crippen LogP) is 2.14. The first kappa shape index (κ1) is 23.5. The summed E-state index contributed by atoms with van der Waals surface area (Å²) in [6.45, 7) is 10.3. The van der Waals surface area contributed by atoms with E-state index in [0.717, 1.165) is 71.0 Å². The van der Waals surface area contributed by atoms with E-state index in [9.17, 15) is 0 Å². The standard InChI is InChI=1S/C19H36N4O2S.HI/c1-3-20-18(22(2)7-10-25-14-17-4-5-17)21-15-19(6-13-26-16-19)23-8-11-24-12-9-23;/h17H,3-16H2,1-2H3,(H,20,21);1H. The van der Waals surface area contributed by atoms with E-state index in [1.807, 2.05) is 0 Å². The van der Waals surface area contributed by atoms with Gasteiger partial charge in [-0.25, -0.2) is 0 Å². The van der Waals surface area contributed by atoms with Crippen molar-refractivity contribution in [1.82, 2.24) is 15.1 Å². The van der Waals surface area contributed by atoms with Gasteiger partial charge in [0.05, 0.1) is 31.9 Å². The Morgan fingerprint density at radius 3 is 2.78 bits per heavy atom. The van der Waals surface area contributed by atoms with Crippen LogP contribution in [-0.2, 0) is 9.47 Å². The number of aliphatic imine (C=N–C) groups is 1. The number of morpholine rings is 1. The molecule has 158 valence electrons. The average Bonchev–Trinajstić information content (AvgIpc) is 3.38. The molecule has 27 heavy (non-hydrogen) atoms. The molecule has 0 bridgehead atoms. The molecule has 3 rings (SSSR count). The predicted molar refractivity (Wildman–Crippen MR) is 125 cm³/mol. The van der Waals surface area contributed by atoms with Gasteiger partial charge in [0.1, 0.15) is 0 Å². The summed E-state index contributed by atoms with van der Waals surface area (Å²) in [6, 6.07) is 0. The van der Waals surface area contributed by atoms with Gasteiger partial charge in [-0.15, -0.1) is 24.0 Å². The number of guanidine groups is 1. The lowest BCUT2D eigenvalue weighted by atomic mass is 9.96. The molecule has 1 saturated carbocycles. The van der Waals surface area contributed by atoms with Crippen molar-refractivity contribution in [1.29, 1.82) is 0 Å². The van der Waals surface area contributed by atoms with Gasteiger partial charge in [-0.1, -0.05) is 0 Å². The second-order valence-corrected chi connectivity index (χ2v) is 8.84. The van der Waals surface area contributed by atoms with Gasteiger partial charge < -0.3 is 19.7 Å². The molecule has 3 aliphatic rings. The number of rotatable bonds is 9. The highest BCUT2D eigenvalue weighted by molar-refractivity contribution is 14.0. The summed E-state index contributed by atoms with van der Waals surface area (Å²) in [5.41, 5.74) is 0.207. The lowest BCUT2D eigenvalue weighted by Gasteiger charge is -2.42. The van der Waals surface area contributed by atoms with E-state index >= 15 is 0 Å². The average molecular weight is 513 g/mol. The number of halogens is 1. The Labute approximate surface area is 186 Å². The molecule has 1 aliphatic carbocycles. The number of nitrogens with zero attached hydrogens (tertiary/aromatic N) is 3. The molecule has 8 heteroatoms. The summed E-state index contributed by atoms with van der Waals surface area (Å²) in [7, 11) is 2.12. The monoisotopic (exact) mass is 512 g/mol. The summed E-state index contributed by atoms with van der Waals surface area (Å²) in [5, 5.41) is 3.46. The van der Waals surface area contributed by atoms with Gasteiger partial charge in [0.25, 0.3) is 0 Å². The van der Waals surface area contributed by atoms with Gasteiger partial charge in [0, 0.05) is 45.6 Å². The molecule has 0 aromatic carbocycles. The van der Waals surface area contributed by atoms with Crippen LogP contribution in [0.4, 0.5) is 0 Å². The smallest absolute Gasteiger partial charge is 0.193 e. The van der Waals surface area contributed by atoms with Crippen molar-refractivity contribution in [2.24, 2.45) is 10.9 Å². The van der Waals surface area contributed by atoms with E-state index in [-0.39, 0.29) is 29.5 Å². The summed E-state index contributed by atoms with van der Waals surface area (Å²) in [6.07, 6.45) is 3.93. The number of hydrogen-bond donors (Lipinski definition) is 1. The summed E-state index contributed by atoms with van der Waals surface area (Å²) >= 11 is 2.07. The molecule has 0 spiro atoms. The Bertz CT molecular complexity index is 453. The quantitative estimate of drug-likeness (QED) is 0.221. The van der Waals surface area contributed by atoms with Gasteiger partial charge in [-0.3, -0.25) is 9.89 Å². The molecule has 1 atom stereocenters. The number of hydrogen-bond acceptors (Lipinski definition) is 5. The highest BCUT2D eigenvalue weighted by atomic mass is 127. The SMILES string of the molecule is CCNC(=NCC1(N2CCOCC2)CCSC1)N(C)CCOCC1CC1.I. The Morgan fingerprint density at radius 2 is 2.15 bits per heavy atom. The fraction of sp³-hybridized carbons (Fsp3) is 0.947. The van der Waals surface area contributed by atoms with Gasteiger partial charge in [0.15, 0.2) is 5.96 Å². The van der Waals surface area contributed by atoms with Crippen molar-refractivity contribution in [3.8, 4) is 0 Å². The first-order chi connectivity index (χ1) is 12.7. The van der Waals surface area contributed by atoms with E-state index in [2.05, 4.69) is 40.8 Å². The number of thioether (sulfide) groups is 1. The summed E-state index contributed by atoms with van der Waals surface area (Å²) in [5.74, 6) is 4.26. The molecule has 0 amide bonds. The molecule has 0 radical (unpaired) electrons. The van der Waals surface area contributed by atoms with Crippen molar-refractivity contribution in [2.45, 2.75) is 31.7 Å². The van der Waals surface area contributed by atoms with Crippen LogP contribution in [0.2, 0.25) is 0 Å². The molecule has 0 aromatic rings. The highest BCUT2D eigenvalue weighted by Gasteiger charge is 2.40. The van der Waals surface area contributed by atoms with Crippen LogP contribution < -0.4 is 5.32 Å². The first-order valence-corrected chi connectivity index (χ1v) is 11.4. The van der Waals surface area contributed by atoms with E-state index < -0.39 is 0 Å². The fourth-order valence-corrected chi connectivity index (χ4v) is 5.11. The minimum absolute atomic E-state index is 0. The molecule has 6 nitrogen and oxygen atoms in total. The van der Waals surface area contributed by atoms with Crippen LogP contribution in [-0.4, -0.2) is 99.0 Å². The van der Waals surface area contributed by atoms with Crippen LogP contribution in [0.5, 0.6) is 0 Å². The highest BCUT2D eigenvalue weighted by Crippen LogP contribution is 2.34.